The monoisotopic (exact) mass is 439 g/mol. The highest BCUT2D eigenvalue weighted by Crippen LogP contribution is 2.35. The number of H-pyrrole nitrogens is 1. The number of pyridine rings is 1. The Morgan fingerprint density at radius 3 is 2.65 bits per heavy atom. The van der Waals surface area contributed by atoms with E-state index in [0.717, 1.165) is 16.0 Å². The van der Waals surface area contributed by atoms with E-state index in [1.807, 2.05) is 20.8 Å². The van der Waals surface area contributed by atoms with Gasteiger partial charge in [0.2, 0.25) is 5.43 Å². The van der Waals surface area contributed by atoms with Crippen LogP contribution in [-0.2, 0) is 6.54 Å². The molecular formula is C23H22FN3O3S. The Morgan fingerprint density at radius 1 is 1.23 bits per heavy atom. The summed E-state index contributed by atoms with van der Waals surface area (Å²) >= 11 is 1.43. The van der Waals surface area contributed by atoms with Crippen molar-refractivity contribution in [3.05, 3.63) is 79.8 Å². The van der Waals surface area contributed by atoms with Crippen LogP contribution in [0.15, 0.2) is 52.4 Å². The number of aryl methyl sites for hydroxylation is 1. The molecule has 0 bridgehead atoms. The van der Waals surface area contributed by atoms with Gasteiger partial charge < -0.3 is 9.72 Å². The average molecular weight is 440 g/mol. The van der Waals surface area contributed by atoms with Crippen molar-refractivity contribution >= 4 is 21.6 Å². The number of nitrogens with one attached hydrogen (secondary N) is 1. The molecule has 4 aromatic rings. The summed E-state index contributed by atoms with van der Waals surface area (Å²) in [6.07, 6.45) is 3.01. The highest BCUT2D eigenvalue weighted by atomic mass is 32.1. The lowest BCUT2D eigenvalue weighted by Crippen LogP contribution is -2.22. The first kappa shape index (κ1) is 21.0. The van der Waals surface area contributed by atoms with Gasteiger partial charge in [-0.2, -0.15) is 0 Å². The Morgan fingerprint density at radius 2 is 1.97 bits per heavy atom. The number of rotatable bonds is 6. The van der Waals surface area contributed by atoms with Crippen LogP contribution in [-0.4, -0.2) is 21.1 Å². The summed E-state index contributed by atoms with van der Waals surface area (Å²) in [5.74, 6) is 0.228. The minimum atomic E-state index is -0.332. The van der Waals surface area contributed by atoms with Crippen molar-refractivity contribution in [1.29, 1.82) is 0 Å². The molecule has 3 heterocycles. The van der Waals surface area contributed by atoms with E-state index in [1.165, 1.54) is 46.6 Å². The Hall–Kier alpha value is -3.26. The summed E-state index contributed by atoms with van der Waals surface area (Å²) < 4.78 is 20.3. The molecule has 0 fully saturated rings. The predicted octanol–water partition coefficient (Wildman–Crippen LogP) is 4.34. The van der Waals surface area contributed by atoms with E-state index in [0.29, 0.717) is 28.4 Å². The summed E-state index contributed by atoms with van der Waals surface area (Å²) in [4.78, 5) is 34.6. The highest BCUT2D eigenvalue weighted by Gasteiger charge is 2.17. The zero-order chi connectivity index (χ0) is 22.1. The molecule has 0 atom stereocenters. The van der Waals surface area contributed by atoms with E-state index in [1.54, 1.807) is 12.1 Å². The largest absolute Gasteiger partial charge is 0.488 e. The van der Waals surface area contributed by atoms with Gasteiger partial charge in [-0.1, -0.05) is 26.0 Å². The lowest BCUT2D eigenvalue weighted by molar-refractivity contribution is 0.267. The molecule has 0 aliphatic heterocycles. The van der Waals surface area contributed by atoms with Gasteiger partial charge in [0.05, 0.1) is 24.9 Å². The van der Waals surface area contributed by atoms with Crippen LogP contribution >= 0.6 is 11.3 Å². The Kier molecular flexibility index (Phi) is 5.73. The maximum absolute atomic E-state index is 13.4. The maximum Gasteiger partial charge on any atom is 0.263 e. The number of aromatic nitrogens is 3. The Balaban J connectivity index is 1.71. The minimum absolute atomic E-state index is 0.166. The fourth-order valence-electron chi connectivity index (χ4n) is 3.36. The maximum atomic E-state index is 13.4. The number of aromatic amines is 1. The van der Waals surface area contributed by atoms with Gasteiger partial charge >= 0.3 is 0 Å². The number of thiophene rings is 1. The van der Waals surface area contributed by atoms with Crippen LogP contribution in [0.2, 0.25) is 0 Å². The van der Waals surface area contributed by atoms with Gasteiger partial charge in [-0.05, 0) is 30.5 Å². The normalized spacial score (nSPS) is 11.4. The smallest absolute Gasteiger partial charge is 0.263 e. The quantitative estimate of drug-likeness (QED) is 0.485. The van der Waals surface area contributed by atoms with Gasteiger partial charge in [-0.25, -0.2) is 9.37 Å². The molecule has 3 aromatic heterocycles. The topological polar surface area (TPSA) is 77.0 Å². The zero-order valence-corrected chi connectivity index (χ0v) is 18.3. The van der Waals surface area contributed by atoms with Crippen LogP contribution in [0.5, 0.6) is 5.75 Å². The molecule has 4 rings (SSSR count). The molecule has 31 heavy (non-hydrogen) atoms. The van der Waals surface area contributed by atoms with E-state index in [2.05, 4.69) is 9.97 Å². The number of nitrogens with zero attached hydrogens (tertiary/aromatic N) is 2. The molecular weight excluding hydrogens is 417 g/mol. The molecule has 0 saturated carbocycles. The molecule has 0 aliphatic rings. The van der Waals surface area contributed by atoms with Crippen molar-refractivity contribution in [2.24, 2.45) is 5.92 Å². The van der Waals surface area contributed by atoms with Crippen molar-refractivity contribution in [2.75, 3.05) is 6.61 Å². The third-order valence-corrected chi connectivity index (χ3v) is 5.85. The second-order valence-corrected chi connectivity index (χ2v) is 8.99. The number of halogens is 1. The number of benzene rings is 1. The van der Waals surface area contributed by atoms with Gasteiger partial charge in [0.25, 0.3) is 5.56 Å². The highest BCUT2D eigenvalue weighted by molar-refractivity contribution is 7.19. The van der Waals surface area contributed by atoms with E-state index >= 15 is 0 Å². The first-order valence-corrected chi connectivity index (χ1v) is 10.7. The van der Waals surface area contributed by atoms with Gasteiger partial charge in [0, 0.05) is 28.4 Å². The number of hydrogen-bond acceptors (Lipinski definition) is 5. The van der Waals surface area contributed by atoms with E-state index in [-0.39, 0.29) is 29.1 Å². The standard InChI is InChI=1S/C23H22FN3O3S/c1-13(2)11-30-19-9-25-17(8-18(19)28)10-27-12-26-22-21(23(27)29)20(14(3)31-22)15-4-6-16(24)7-5-15/h4-9,12-13H,10-11H2,1-3H3,(H,25,28). The summed E-state index contributed by atoms with van der Waals surface area (Å²) in [6, 6.07) is 7.51. The second-order valence-electron chi connectivity index (χ2n) is 7.79. The van der Waals surface area contributed by atoms with Gasteiger partial charge in [0.15, 0.2) is 5.75 Å². The molecule has 0 saturated heterocycles. The van der Waals surface area contributed by atoms with Crippen LogP contribution in [0.25, 0.3) is 21.3 Å². The summed E-state index contributed by atoms with van der Waals surface area (Å²) in [5.41, 5.74) is 1.64. The Bertz CT molecular complexity index is 1350. The molecule has 160 valence electrons. The van der Waals surface area contributed by atoms with E-state index < -0.39 is 0 Å². The number of fused-ring (bicyclic) bond motifs is 1. The molecule has 1 N–H and O–H groups in total. The minimum Gasteiger partial charge on any atom is -0.488 e. The molecule has 1 aromatic carbocycles. The molecule has 0 amide bonds. The van der Waals surface area contributed by atoms with Crippen LogP contribution < -0.4 is 15.7 Å². The first-order chi connectivity index (χ1) is 14.8. The van der Waals surface area contributed by atoms with Crippen LogP contribution in [0.1, 0.15) is 24.4 Å². The van der Waals surface area contributed by atoms with Crippen molar-refractivity contribution in [2.45, 2.75) is 27.3 Å². The number of ether oxygens (including phenoxy) is 1. The zero-order valence-electron chi connectivity index (χ0n) is 17.4. The van der Waals surface area contributed by atoms with Gasteiger partial charge in [0.1, 0.15) is 10.6 Å². The Labute approximate surface area is 182 Å². The third-order valence-electron chi connectivity index (χ3n) is 4.84. The molecule has 0 aliphatic carbocycles. The van der Waals surface area contributed by atoms with E-state index in [4.69, 9.17) is 4.74 Å². The number of hydrogen-bond donors (Lipinski definition) is 1. The van der Waals surface area contributed by atoms with Gasteiger partial charge in [-0.3, -0.25) is 14.2 Å². The van der Waals surface area contributed by atoms with Crippen LogP contribution in [0.3, 0.4) is 0 Å². The lowest BCUT2D eigenvalue weighted by atomic mass is 10.0. The molecule has 0 radical (unpaired) electrons. The summed E-state index contributed by atoms with van der Waals surface area (Å²) in [7, 11) is 0. The molecule has 6 nitrogen and oxygen atoms in total. The summed E-state index contributed by atoms with van der Waals surface area (Å²) in [5, 5.41) is 0.496. The van der Waals surface area contributed by atoms with Crippen molar-refractivity contribution in [3.63, 3.8) is 0 Å². The SMILES string of the molecule is Cc1sc2ncn(Cc3cc(=O)c(OCC(C)C)c[nH]3)c(=O)c2c1-c1ccc(F)cc1. The van der Waals surface area contributed by atoms with E-state index in [9.17, 15) is 14.0 Å². The van der Waals surface area contributed by atoms with Crippen molar-refractivity contribution < 1.29 is 9.13 Å². The average Bonchev–Trinajstić information content (AvgIpc) is 3.07. The lowest BCUT2D eigenvalue weighted by Gasteiger charge is -2.10. The fraction of sp³-hybridized carbons (Fsp3) is 0.261. The first-order valence-electron chi connectivity index (χ1n) is 9.92. The molecule has 8 heteroatoms. The predicted molar refractivity (Wildman–Crippen MR) is 121 cm³/mol. The second kappa shape index (κ2) is 8.47. The molecule has 0 spiro atoms. The fourth-order valence-corrected chi connectivity index (χ4v) is 4.36. The van der Waals surface area contributed by atoms with Crippen molar-refractivity contribution in [3.8, 4) is 16.9 Å². The van der Waals surface area contributed by atoms with Crippen molar-refractivity contribution in [1.82, 2.24) is 14.5 Å². The van der Waals surface area contributed by atoms with Crippen LogP contribution in [0.4, 0.5) is 4.39 Å². The summed E-state index contributed by atoms with van der Waals surface area (Å²) in [6.45, 7) is 6.54. The molecule has 0 unspecified atom stereocenters. The van der Waals surface area contributed by atoms with Gasteiger partial charge in [-0.15, -0.1) is 11.3 Å². The third kappa shape index (κ3) is 4.29. The van der Waals surface area contributed by atoms with Crippen LogP contribution in [0, 0.1) is 18.7 Å².